The van der Waals surface area contributed by atoms with Crippen molar-refractivity contribution in [3.05, 3.63) is 68.4 Å². The SMILES string of the molecule is O=[N+]([O-])c1cc(C(F)(F)F)ccc1N1CCN(c2nc3ccccn3c2[N+](=O)[O-])CC1. The van der Waals surface area contributed by atoms with E-state index in [0.29, 0.717) is 11.7 Å². The quantitative estimate of drug-likeness (QED) is 0.455. The monoisotopic (exact) mass is 436 g/mol. The molecule has 13 heteroatoms. The van der Waals surface area contributed by atoms with Gasteiger partial charge in [-0.05, 0) is 23.1 Å². The average molecular weight is 436 g/mol. The maximum atomic E-state index is 12.9. The van der Waals surface area contributed by atoms with E-state index in [1.807, 2.05) is 0 Å². The van der Waals surface area contributed by atoms with Crippen molar-refractivity contribution >= 4 is 28.7 Å². The number of benzene rings is 1. The van der Waals surface area contributed by atoms with E-state index in [4.69, 9.17) is 0 Å². The second-order valence-corrected chi connectivity index (χ2v) is 6.88. The summed E-state index contributed by atoms with van der Waals surface area (Å²) in [4.78, 5) is 29.2. The summed E-state index contributed by atoms with van der Waals surface area (Å²) in [5.74, 6) is -0.0117. The summed E-state index contributed by atoms with van der Waals surface area (Å²) < 4.78 is 40.1. The maximum absolute atomic E-state index is 12.9. The third kappa shape index (κ3) is 3.69. The number of nitrogens with zero attached hydrogens (tertiary/aromatic N) is 6. The molecule has 0 aliphatic carbocycles. The Kier molecular flexibility index (Phi) is 4.87. The molecule has 1 saturated heterocycles. The number of nitro benzene ring substituents is 1. The minimum absolute atomic E-state index is 0.0714. The molecule has 4 rings (SSSR count). The zero-order chi connectivity index (χ0) is 22.3. The van der Waals surface area contributed by atoms with Crippen LogP contribution in [0.4, 0.5) is 36.2 Å². The third-order valence-corrected chi connectivity index (χ3v) is 5.08. The van der Waals surface area contributed by atoms with Crippen LogP contribution in [0.3, 0.4) is 0 Å². The van der Waals surface area contributed by atoms with Gasteiger partial charge >= 0.3 is 12.0 Å². The Labute approximate surface area is 172 Å². The minimum Gasteiger partial charge on any atom is -0.362 e. The van der Waals surface area contributed by atoms with Crippen molar-refractivity contribution in [1.29, 1.82) is 0 Å². The predicted octanol–water partition coefficient (Wildman–Crippen LogP) is 3.50. The fourth-order valence-electron chi connectivity index (χ4n) is 3.62. The Morgan fingerprint density at radius 2 is 1.61 bits per heavy atom. The number of rotatable bonds is 4. The first kappa shape index (κ1) is 20.4. The van der Waals surface area contributed by atoms with Crippen molar-refractivity contribution < 1.29 is 23.0 Å². The summed E-state index contributed by atoms with van der Waals surface area (Å²) in [6.07, 6.45) is -3.16. The number of piperazine rings is 1. The normalized spacial score (nSPS) is 14.8. The maximum Gasteiger partial charge on any atom is 0.416 e. The largest absolute Gasteiger partial charge is 0.416 e. The number of imidazole rings is 1. The number of halogens is 3. The second kappa shape index (κ2) is 7.41. The number of fused-ring (bicyclic) bond motifs is 1. The molecule has 0 atom stereocenters. The highest BCUT2D eigenvalue weighted by molar-refractivity contribution is 5.67. The summed E-state index contributed by atoms with van der Waals surface area (Å²) in [6.45, 7) is 0.945. The van der Waals surface area contributed by atoms with E-state index in [1.54, 1.807) is 28.0 Å². The van der Waals surface area contributed by atoms with Crippen LogP contribution >= 0.6 is 0 Å². The first-order valence-electron chi connectivity index (χ1n) is 9.14. The van der Waals surface area contributed by atoms with Gasteiger partial charge in [0.2, 0.25) is 11.5 Å². The van der Waals surface area contributed by atoms with E-state index < -0.39 is 27.3 Å². The number of hydrogen-bond acceptors (Lipinski definition) is 7. The molecule has 31 heavy (non-hydrogen) atoms. The van der Waals surface area contributed by atoms with E-state index >= 15 is 0 Å². The average Bonchev–Trinajstić information content (AvgIpc) is 3.12. The third-order valence-electron chi connectivity index (χ3n) is 5.08. The second-order valence-electron chi connectivity index (χ2n) is 6.88. The van der Waals surface area contributed by atoms with Crippen LogP contribution in [0, 0.1) is 20.2 Å². The molecule has 0 spiro atoms. The Balaban J connectivity index is 1.60. The Morgan fingerprint density at radius 3 is 2.23 bits per heavy atom. The number of aromatic nitrogens is 2. The first-order valence-corrected chi connectivity index (χ1v) is 9.14. The molecule has 162 valence electrons. The van der Waals surface area contributed by atoms with Crippen molar-refractivity contribution in [2.24, 2.45) is 0 Å². The molecule has 1 aliphatic rings. The van der Waals surface area contributed by atoms with Crippen LogP contribution in [0.15, 0.2) is 42.6 Å². The number of anilines is 2. The highest BCUT2D eigenvalue weighted by Gasteiger charge is 2.35. The Morgan fingerprint density at radius 1 is 0.935 bits per heavy atom. The van der Waals surface area contributed by atoms with E-state index in [2.05, 4.69) is 4.98 Å². The van der Waals surface area contributed by atoms with E-state index in [1.165, 1.54) is 10.6 Å². The van der Waals surface area contributed by atoms with Crippen molar-refractivity contribution in [1.82, 2.24) is 9.38 Å². The van der Waals surface area contributed by atoms with Gasteiger partial charge < -0.3 is 19.9 Å². The number of hydrogen-bond donors (Lipinski definition) is 0. The van der Waals surface area contributed by atoms with Gasteiger partial charge in [0.05, 0.1) is 16.7 Å². The standard InChI is InChI=1S/C18H15F3N6O4/c19-18(20,21)12-4-5-13(14(11-12)26(28)29)23-7-9-24(10-8-23)16-17(27(30)31)25-6-2-1-3-15(25)22-16/h1-6,11H,7-10H2. The number of nitro groups is 2. The van der Waals surface area contributed by atoms with E-state index in [0.717, 1.165) is 12.1 Å². The zero-order valence-corrected chi connectivity index (χ0v) is 15.8. The van der Waals surface area contributed by atoms with Gasteiger partial charge in [0.25, 0.3) is 5.69 Å². The summed E-state index contributed by atoms with van der Waals surface area (Å²) in [5, 5.41) is 23.0. The van der Waals surface area contributed by atoms with Gasteiger partial charge in [-0.25, -0.2) is 0 Å². The molecular formula is C18H15F3N6O4. The Hall–Kier alpha value is -3.90. The molecule has 1 aliphatic heterocycles. The molecule has 0 N–H and O–H groups in total. The molecule has 1 aromatic carbocycles. The van der Waals surface area contributed by atoms with Crippen LogP contribution in [0.1, 0.15) is 5.56 Å². The smallest absolute Gasteiger partial charge is 0.362 e. The molecule has 3 aromatic rings. The van der Waals surface area contributed by atoms with E-state index in [-0.39, 0.29) is 43.5 Å². The lowest BCUT2D eigenvalue weighted by Crippen LogP contribution is -2.47. The number of pyridine rings is 1. The van der Waals surface area contributed by atoms with Gasteiger partial charge in [-0.1, -0.05) is 6.07 Å². The van der Waals surface area contributed by atoms with Crippen molar-refractivity contribution in [2.75, 3.05) is 36.0 Å². The Bertz CT molecular complexity index is 1170. The summed E-state index contributed by atoms with van der Waals surface area (Å²) in [5.41, 5.74) is -1.25. The fourth-order valence-corrected chi connectivity index (χ4v) is 3.62. The van der Waals surface area contributed by atoms with Crippen LogP contribution in [-0.4, -0.2) is 45.4 Å². The molecule has 0 saturated carbocycles. The van der Waals surface area contributed by atoms with Gasteiger partial charge in [-0.2, -0.15) is 22.6 Å². The molecule has 10 nitrogen and oxygen atoms in total. The van der Waals surface area contributed by atoms with Crippen molar-refractivity contribution in [3.8, 4) is 0 Å². The highest BCUT2D eigenvalue weighted by Crippen LogP contribution is 2.37. The van der Waals surface area contributed by atoms with Crippen molar-refractivity contribution in [2.45, 2.75) is 6.18 Å². The molecule has 0 unspecified atom stereocenters. The summed E-state index contributed by atoms with van der Waals surface area (Å²) in [7, 11) is 0. The van der Waals surface area contributed by atoms with Crippen LogP contribution in [0.25, 0.3) is 5.65 Å². The van der Waals surface area contributed by atoms with Gasteiger partial charge in [0.15, 0.2) is 0 Å². The topological polar surface area (TPSA) is 110 Å². The molecule has 2 aromatic heterocycles. The minimum atomic E-state index is -4.69. The van der Waals surface area contributed by atoms with Crippen molar-refractivity contribution in [3.63, 3.8) is 0 Å². The molecule has 0 bridgehead atoms. The fraction of sp³-hybridized carbons (Fsp3) is 0.278. The molecule has 0 amide bonds. The molecule has 1 fully saturated rings. The van der Waals surface area contributed by atoms with Gasteiger partial charge in [0, 0.05) is 38.3 Å². The van der Waals surface area contributed by atoms with Gasteiger partial charge in [0.1, 0.15) is 5.69 Å². The van der Waals surface area contributed by atoms with Gasteiger partial charge in [-0.15, -0.1) is 0 Å². The lowest BCUT2D eigenvalue weighted by molar-refractivity contribution is -0.389. The van der Waals surface area contributed by atoms with Crippen LogP contribution in [-0.2, 0) is 6.18 Å². The van der Waals surface area contributed by atoms with Crippen LogP contribution < -0.4 is 9.80 Å². The molecular weight excluding hydrogens is 421 g/mol. The molecule has 3 heterocycles. The number of alkyl halides is 3. The van der Waals surface area contributed by atoms with Crippen LogP contribution in [0.5, 0.6) is 0 Å². The summed E-state index contributed by atoms with van der Waals surface area (Å²) in [6, 6.07) is 7.41. The first-order chi connectivity index (χ1) is 14.7. The van der Waals surface area contributed by atoms with Crippen LogP contribution in [0.2, 0.25) is 0 Å². The highest BCUT2D eigenvalue weighted by atomic mass is 19.4. The molecule has 0 radical (unpaired) electrons. The predicted molar refractivity (Wildman–Crippen MR) is 104 cm³/mol. The zero-order valence-electron chi connectivity index (χ0n) is 15.8. The van der Waals surface area contributed by atoms with Gasteiger partial charge in [-0.3, -0.25) is 10.1 Å². The lowest BCUT2D eigenvalue weighted by atomic mass is 10.1. The van der Waals surface area contributed by atoms with E-state index in [9.17, 15) is 33.4 Å². The summed E-state index contributed by atoms with van der Waals surface area (Å²) >= 11 is 0. The lowest BCUT2D eigenvalue weighted by Gasteiger charge is -2.35.